The molecule has 362 valence electrons. The largest absolute Gasteiger partial charge is 0.494 e. The van der Waals surface area contributed by atoms with Crippen molar-refractivity contribution in [1.82, 2.24) is 31.2 Å². The van der Waals surface area contributed by atoms with E-state index in [9.17, 15) is 29.2 Å². The van der Waals surface area contributed by atoms with Crippen LogP contribution >= 0.6 is 0 Å². The summed E-state index contributed by atoms with van der Waals surface area (Å²) in [6.45, 7) is 8.12. The van der Waals surface area contributed by atoms with Crippen LogP contribution in [-0.2, 0) is 25.6 Å². The number of nitriles is 1. The maximum absolute atomic E-state index is 14.8. The number of rotatable bonds is 20. The molecule has 10 N–H and O–H groups in total. The molecule has 0 fully saturated rings. The van der Waals surface area contributed by atoms with E-state index < -0.39 is 53.7 Å². The van der Waals surface area contributed by atoms with Crippen molar-refractivity contribution < 1.29 is 38.2 Å². The van der Waals surface area contributed by atoms with Gasteiger partial charge in [0.05, 0.1) is 29.6 Å². The highest BCUT2D eigenvalue weighted by atomic mass is 16.5. The smallest absolute Gasteiger partial charge is 0.254 e. The van der Waals surface area contributed by atoms with Gasteiger partial charge in [0.2, 0.25) is 23.6 Å². The van der Waals surface area contributed by atoms with Gasteiger partial charge in [-0.15, -0.1) is 0 Å². The average Bonchev–Trinajstić information content (AvgIpc) is 3.32. The molecule has 18 heteroatoms. The van der Waals surface area contributed by atoms with Crippen LogP contribution in [0.3, 0.4) is 0 Å². The molecule has 0 radical (unpaired) electrons. The Morgan fingerprint density at radius 2 is 1.54 bits per heavy atom. The first-order valence-electron chi connectivity index (χ1n) is 22.9. The normalized spacial score (nSPS) is 16.2. The highest BCUT2D eigenvalue weighted by molar-refractivity contribution is 6.01. The molecule has 18 nitrogen and oxygen atoms in total. The molecular weight excluding hydrogens is 869 g/mol. The summed E-state index contributed by atoms with van der Waals surface area (Å²) in [6.07, 6.45) is 3.19. The van der Waals surface area contributed by atoms with Crippen LogP contribution in [-0.4, -0.2) is 111 Å². The minimum absolute atomic E-state index is 0.00280. The van der Waals surface area contributed by atoms with E-state index in [1.807, 2.05) is 36.4 Å². The van der Waals surface area contributed by atoms with E-state index in [0.29, 0.717) is 57.3 Å². The number of carbonyl (C=O) groups is 5. The van der Waals surface area contributed by atoms with Crippen LogP contribution in [0.25, 0.3) is 22.4 Å². The Morgan fingerprint density at radius 3 is 2.18 bits per heavy atom. The number of nitrogens with zero attached hydrogens (tertiary/aromatic N) is 3. The van der Waals surface area contributed by atoms with Crippen molar-refractivity contribution in [3.05, 3.63) is 94.7 Å². The Morgan fingerprint density at radius 1 is 0.868 bits per heavy atom. The number of carbonyl (C=O) groups excluding carboxylic acids is 5. The number of aromatic nitrogens is 1. The lowest BCUT2D eigenvalue weighted by atomic mass is 9.93. The molecular formula is C50H64N10O8. The van der Waals surface area contributed by atoms with Crippen LogP contribution in [0.2, 0.25) is 0 Å². The third kappa shape index (κ3) is 13.3. The summed E-state index contributed by atoms with van der Waals surface area (Å²) in [6, 6.07) is 16.5. The molecule has 0 saturated heterocycles. The number of aryl methyl sites for hydroxylation is 2. The van der Waals surface area contributed by atoms with Gasteiger partial charge in [0.25, 0.3) is 5.91 Å². The SMILES string of the molecule is CCCCCOc1ccc(-c2cc(C)c(C(=O)NC(CCN)C(=O)N(C)[C@@H]3C(=O)N[C@@H](C)C(=O)N[C@H](C(=O)NCC#N)Cc4ccc(OCCN)c(c4)-c4cc3ccc4OCCN)c(C)n2)cc1. The number of pyridine rings is 1. The van der Waals surface area contributed by atoms with Crippen molar-refractivity contribution in [2.75, 3.05) is 53.0 Å². The molecule has 0 spiro atoms. The Bertz CT molecular complexity index is 2430. The molecule has 5 rings (SSSR count). The van der Waals surface area contributed by atoms with Gasteiger partial charge in [-0.3, -0.25) is 29.0 Å². The van der Waals surface area contributed by atoms with Crippen LogP contribution in [0, 0.1) is 25.2 Å². The van der Waals surface area contributed by atoms with Gasteiger partial charge in [-0.1, -0.05) is 31.9 Å². The highest BCUT2D eigenvalue weighted by Crippen LogP contribution is 2.40. The van der Waals surface area contributed by atoms with Crippen LogP contribution in [0.4, 0.5) is 0 Å². The molecule has 4 atom stereocenters. The third-order valence-corrected chi connectivity index (χ3v) is 11.4. The molecule has 1 aromatic heterocycles. The lowest BCUT2D eigenvalue weighted by molar-refractivity contribution is -0.141. The molecule has 4 bridgehead atoms. The predicted octanol–water partition coefficient (Wildman–Crippen LogP) is 3.11. The van der Waals surface area contributed by atoms with Crippen molar-refractivity contribution in [2.24, 2.45) is 17.2 Å². The third-order valence-electron chi connectivity index (χ3n) is 11.4. The number of benzene rings is 3. The van der Waals surface area contributed by atoms with E-state index in [0.717, 1.165) is 30.6 Å². The number of unbranched alkanes of at least 4 members (excludes halogenated alkanes) is 2. The van der Waals surface area contributed by atoms with Crippen LogP contribution in [0.15, 0.2) is 66.7 Å². The van der Waals surface area contributed by atoms with E-state index in [2.05, 4.69) is 28.2 Å². The zero-order valence-electron chi connectivity index (χ0n) is 39.5. The van der Waals surface area contributed by atoms with Gasteiger partial charge in [-0.05, 0) is 111 Å². The zero-order valence-corrected chi connectivity index (χ0v) is 39.5. The van der Waals surface area contributed by atoms with E-state index in [-0.39, 0.29) is 57.8 Å². The summed E-state index contributed by atoms with van der Waals surface area (Å²) >= 11 is 0. The van der Waals surface area contributed by atoms with Crippen LogP contribution < -0.4 is 52.7 Å². The van der Waals surface area contributed by atoms with Crippen LogP contribution in [0.1, 0.15) is 78.3 Å². The first kappa shape index (κ1) is 51.9. The molecule has 1 aliphatic rings. The van der Waals surface area contributed by atoms with Gasteiger partial charge in [-0.2, -0.15) is 5.26 Å². The van der Waals surface area contributed by atoms with Gasteiger partial charge in [0, 0.05) is 43.2 Å². The number of likely N-dealkylation sites (N-methyl/N-ethyl adjacent to an activating group) is 1. The summed E-state index contributed by atoms with van der Waals surface area (Å²) in [5.41, 5.74) is 22.5. The molecule has 2 heterocycles. The van der Waals surface area contributed by atoms with Gasteiger partial charge in [0.1, 0.15) is 61.2 Å². The second-order valence-electron chi connectivity index (χ2n) is 16.6. The monoisotopic (exact) mass is 932 g/mol. The first-order valence-corrected chi connectivity index (χ1v) is 22.9. The maximum Gasteiger partial charge on any atom is 0.254 e. The fourth-order valence-electron chi connectivity index (χ4n) is 7.95. The summed E-state index contributed by atoms with van der Waals surface area (Å²) in [5.74, 6) is -1.74. The Labute approximate surface area is 397 Å². The van der Waals surface area contributed by atoms with Gasteiger partial charge in [-0.25, -0.2) is 0 Å². The number of nitrogens with one attached hydrogen (secondary N) is 4. The summed E-state index contributed by atoms with van der Waals surface area (Å²) in [7, 11) is 1.43. The molecule has 5 amide bonds. The van der Waals surface area contributed by atoms with E-state index in [1.54, 1.807) is 50.2 Å². The molecule has 4 aromatic rings. The van der Waals surface area contributed by atoms with Crippen molar-refractivity contribution in [2.45, 2.75) is 84.0 Å². The second-order valence-corrected chi connectivity index (χ2v) is 16.6. The minimum Gasteiger partial charge on any atom is -0.494 e. The van der Waals surface area contributed by atoms with E-state index >= 15 is 0 Å². The van der Waals surface area contributed by atoms with Crippen molar-refractivity contribution in [1.29, 1.82) is 5.26 Å². The zero-order chi connectivity index (χ0) is 49.3. The number of ether oxygens (including phenoxy) is 3. The highest BCUT2D eigenvalue weighted by Gasteiger charge is 2.36. The number of hydrogen-bond donors (Lipinski definition) is 7. The molecule has 68 heavy (non-hydrogen) atoms. The number of amides is 5. The molecule has 0 aliphatic carbocycles. The first-order chi connectivity index (χ1) is 32.7. The summed E-state index contributed by atoms with van der Waals surface area (Å²) in [5, 5.41) is 20.0. The Kier molecular flexibility index (Phi) is 19.2. The quantitative estimate of drug-likeness (QED) is 0.0496. The standard InChI is InChI=1S/C50H64N10O8/c1-6-7-8-23-66-36-13-10-34(11-14-36)40-26-30(2)44(31(3)56-40)48(63)58-39(17-18-51)50(65)60(5)45-35-12-16-43(68-25-21-54)38(29-35)37-27-33(9-15-42(37)67-24-20-53)28-41(47(62)55-22-19-52)59-46(61)32(4)57-49(45)64/h9-16,26-27,29,32,39,41,45H,6-8,17-18,20-25,28,51,53-54H2,1-5H3,(H,55,62)(H,57,64)(H,58,63)(H,59,61)/t32-,39?,41-,45-/m0/s1. The predicted molar refractivity (Wildman–Crippen MR) is 257 cm³/mol. The number of fused-ring (bicyclic) bond motifs is 5. The average molecular weight is 933 g/mol. The second kappa shape index (κ2) is 25.2. The summed E-state index contributed by atoms with van der Waals surface area (Å²) in [4.78, 5) is 76.6. The van der Waals surface area contributed by atoms with E-state index in [4.69, 9.17) is 36.4 Å². The molecule has 0 saturated carbocycles. The van der Waals surface area contributed by atoms with Gasteiger partial charge in [0.15, 0.2) is 0 Å². The Hall–Kier alpha value is -7.07. The van der Waals surface area contributed by atoms with Crippen molar-refractivity contribution in [3.8, 4) is 45.7 Å². The maximum atomic E-state index is 14.8. The lowest BCUT2D eigenvalue weighted by Gasteiger charge is -2.32. The molecule has 1 aliphatic heterocycles. The number of hydrogen-bond acceptors (Lipinski definition) is 13. The molecule has 3 aromatic carbocycles. The Balaban J connectivity index is 1.53. The van der Waals surface area contributed by atoms with Gasteiger partial charge < -0.3 is 57.6 Å². The fourth-order valence-corrected chi connectivity index (χ4v) is 7.95. The van der Waals surface area contributed by atoms with Crippen molar-refractivity contribution >= 4 is 29.5 Å². The lowest BCUT2D eigenvalue weighted by Crippen LogP contribution is -2.56. The van der Waals surface area contributed by atoms with Crippen LogP contribution in [0.5, 0.6) is 17.2 Å². The van der Waals surface area contributed by atoms with Crippen molar-refractivity contribution in [3.63, 3.8) is 0 Å². The topological polar surface area (TPSA) is 279 Å². The minimum atomic E-state index is -1.40. The number of nitrogens with two attached hydrogens (primary N) is 3. The van der Waals surface area contributed by atoms with Gasteiger partial charge >= 0.3 is 0 Å². The summed E-state index contributed by atoms with van der Waals surface area (Å²) < 4.78 is 18.1. The fraction of sp³-hybridized carbons (Fsp3) is 0.420. The van der Waals surface area contributed by atoms with E-state index in [1.165, 1.54) is 18.9 Å². The molecule has 1 unspecified atom stereocenters.